The lowest BCUT2D eigenvalue weighted by atomic mass is 10.0. The maximum absolute atomic E-state index is 12.5. The zero-order chi connectivity index (χ0) is 18.4. The van der Waals surface area contributed by atoms with Crippen LogP contribution >= 0.6 is 0 Å². The topological polar surface area (TPSA) is 49.4 Å². The number of hydrogen-bond donors (Lipinski definition) is 1. The predicted molar refractivity (Wildman–Crippen MR) is 102 cm³/mol. The zero-order valence-corrected chi connectivity index (χ0v) is 15.3. The van der Waals surface area contributed by atoms with E-state index in [1.165, 1.54) is 6.92 Å². The minimum Gasteiger partial charge on any atom is -0.348 e. The molecule has 1 atom stereocenters. The largest absolute Gasteiger partial charge is 0.348 e. The van der Waals surface area contributed by atoms with Crippen LogP contribution in [0.3, 0.4) is 0 Å². The summed E-state index contributed by atoms with van der Waals surface area (Å²) in [6, 6.07) is 17.4. The van der Waals surface area contributed by atoms with Crippen LogP contribution in [0.4, 0.5) is 5.69 Å². The fourth-order valence-electron chi connectivity index (χ4n) is 2.84. The van der Waals surface area contributed by atoms with Crippen LogP contribution in [0.5, 0.6) is 0 Å². The van der Waals surface area contributed by atoms with E-state index in [0.29, 0.717) is 0 Å². The Labute approximate surface area is 149 Å². The van der Waals surface area contributed by atoms with Crippen LogP contribution in [0.2, 0.25) is 0 Å². The number of hydrogen-bond acceptors (Lipinski definition) is 2. The van der Waals surface area contributed by atoms with Gasteiger partial charge in [0.15, 0.2) is 0 Å². The minimum absolute atomic E-state index is 0.0102. The third-order valence-electron chi connectivity index (χ3n) is 4.21. The smallest absolute Gasteiger partial charge is 0.240 e. The number of nitrogens with one attached hydrogen (secondary N) is 1. The Balaban J connectivity index is 2.14. The molecule has 0 saturated carbocycles. The Hall–Kier alpha value is -2.62. The summed E-state index contributed by atoms with van der Waals surface area (Å²) in [6.45, 7) is 7.60. The van der Waals surface area contributed by atoms with Crippen molar-refractivity contribution in [3.05, 3.63) is 65.7 Å². The molecule has 2 aromatic rings. The van der Waals surface area contributed by atoms with Gasteiger partial charge in [-0.1, -0.05) is 62.4 Å². The van der Waals surface area contributed by atoms with E-state index in [-0.39, 0.29) is 30.3 Å². The van der Waals surface area contributed by atoms with Gasteiger partial charge >= 0.3 is 0 Å². The molecule has 0 aliphatic heterocycles. The molecule has 0 spiro atoms. The molecular formula is C21H26N2O2. The molecule has 0 fully saturated rings. The van der Waals surface area contributed by atoms with E-state index in [1.54, 1.807) is 4.90 Å². The highest BCUT2D eigenvalue weighted by atomic mass is 16.2. The Morgan fingerprint density at radius 1 is 0.960 bits per heavy atom. The monoisotopic (exact) mass is 338 g/mol. The molecule has 0 saturated heterocycles. The summed E-state index contributed by atoms with van der Waals surface area (Å²) in [5.74, 6) is -0.0509. The molecule has 2 rings (SSSR count). The standard InChI is InChI=1S/C21H26N2O2/c1-15(2)19-12-8-9-13-20(19)23(17(4)24)14-21(25)22-16(3)18-10-6-5-7-11-18/h5-13,15-16H,14H2,1-4H3,(H,22,25). The van der Waals surface area contributed by atoms with E-state index in [2.05, 4.69) is 19.2 Å². The van der Waals surface area contributed by atoms with Crippen molar-refractivity contribution in [2.45, 2.75) is 39.7 Å². The van der Waals surface area contributed by atoms with Crippen LogP contribution in [0.15, 0.2) is 54.6 Å². The van der Waals surface area contributed by atoms with E-state index in [9.17, 15) is 9.59 Å². The molecule has 4 nitrogen and oxygen atoms in total. The SMILES string of the molecule is CC(=O)N(CC(=O)NC(C)c1ccccc1)c1ccccc1C(C)C. The Bertz CT molecular complexity index is 726. The molecule has 0 bridgehead atoms. The number of carbonyl (C=O) groups is 2. The van der Waals surface area contributed by atoms with Gasteiger partial charge in [0.1, 0.15) is 6.54 Å². The number of benzene rings is 2. The van der Waals surface area contributed by atoms with Crippen molar-refractivity contribution in [3.63, 3.8) is 0 Å². The highest BCUT2D eigenvalue weighted by Gasteiger charge is 2.20. The summed E-state index contributed by atoms with van der Waals surface area (Å²) in [4.78, 5) is 26.2. The first kappa shape index (κ1) is 18.7. The van der Waals surface area contributed by atoms with Crippen molar-refractivity contribution < 1.29 is 9.59 Å². The average Bonchev–Trinajstić information content (AvgIpc) is 2.60. The van der Waals surface area contributed by atoms with Crippen molar-refractivity contribution >= 4 is 17.5 Å². The van der Waals surface area contributed by atoms with Gasteiger partial charge < -0.3 is 10.2 Å². The molecule has 4 heteroatoms. The number of rotatable bonds is 6. The highest BCUT2D eigenvalue weighted by Crippen LogP contribution is 2.27. The van der Waals surface area contributed by atoms with Crippen molar-refractivity contribution in [1.82, 2.24) is 5.32 Å². The Kier molecular flexibility index (Phi) is 6.34. The van der Waals surface area contributed by atoms with Crippen LogP contribution in [-0.2, 0) is 9.59 Å². The third kappa shape index (κ3) is 4.92. The van der Waals surface area contributed by atoms with Crippen molar-refractivity contribution in [2.24, 2.45) is 0 Å². The molecule has 1 N–H and O–H groups in total. The molecule has 25 heavy (non-hydrogen) atoms. The van der Waals surface area contributed by atoms with E-state index in [0.717, 1.165) is 16.8 Å². The summed E-state index contributed by atoms with van der Waals surface area (Å²) in [6.07, 6.45) is 0. The van der Waals surface area contributed by atoms with Gasteiger partial charge in [-0.2, -0.15) is 0 Å². The number of carbonyl (C=O) groups excluding carboxylic acids is 2. The van der Waals surface area contributed by atoms with Gasteiger partial charge in [-0.05, 0) is 30.0 Å². The lowest BCUT2D eigenvalue weighted by molar-refractivity contribution is -0.123. The molecular weight excluding hydrogens is 312 g/mol. The first-order valence-electron chi connectivity index (χ1n) is 8.61. The van der Waals surface area contributed by atoms with Gasteiger partial charge in [0, 0.05) is 12.6 Å². The third-order valence-corrected chi connectivity index (χ3v) is 4.21. The second kappa shape index (κ2) is 8.47. The first-order chi connectivity index (χ1) is 11.9. The Morgan fingerprint density at radius 3 is 2.16 bits per heavy atom. The van der Waals surface area contributed by atoms with Crippen molar-refractivity contribution in [3.8, 4) is 0 Å². The second-order valence-electron chi connectivity index (χ2n) is 6.52. The van der Waals surface area contributed by atoms with Crippen LogP contribution in [0.1, 0.15) is 50.8 Å². The average molecular weight is 338 g/mol. The summed E-state index contributed by atoms with van der Waals surface area (Å²) in [5, 5.41) is 2.97. The molecule has 0 heterocycles. The number of amides is 2. The van der Waals surface area contributed by atoms with E-state index in [4.69, 9.17) is 0 Å². The maximum Gasteiger partial charge on any atom is 0.240 e. The van der Waals surface area contributed by atoms with Gasteiger partial charge in [-0.15, -0.1) is 0 Å². The summed E-state index contributed by atoms with van der Waals surface area (Å²) in [7, 11) is 0. The fraction of sp³-hybridized carbons (Fsp3) is 0.333. The van der Waals surface area contributed by atoms with Crippen LogP contribution in [0, 0.1) is 0 Å². The van der Waals surface area contributed by atoms with E-state index < -0.39 is 0 Å². The van der Waals surface area contributed by atoms with Crippen LogP contribution < -0.4 is 10.2 Å². The van der Waals surface area contributed by atoms with Gasteiger partial charge in [0.2, 0.25) is 11.8 Å². The van der Waals surface area contributed by atoms with Crippen LogP contribution in [0.25, 0.3) is 0 Å². The molecule has 0 aliphatic carbocycles. The molecule has 132 valence electrons. The first-order valence-corrected chi connectivity index (χ1v) is 8.61. The summed E-state index contributed by atoms with van der Waals surface area (Å²) in [5.41, 5.74) is 2.89. The van der Waals surface area contributed by atoms with Gasteiger partial charge in [0.05, 0.1) is 6.04 Å². The number of nitrogens with zero attached hydrogens (tertiary/aromatic N) is 1. The molecule has 1 unspecified atom stereocenters. The lowest BCUT2D eigenvalue weighted by Gasteiger charge is -2.25. The molecule has 0 aromatic heterocycles. The van der Waals surface area contributed by atoms with Crippen molar-refractivity contribution in [2.75, 3.05) is 11.4 Å². The van der Waals surface area contributed by atoms with E-state index >= 15 is 0 Å². The summed E-state index contributed by atoms with van der Waals surface area (Å²) >= 11 is 0. The lowest BCUT2D eigenvalue weighted by Crippen LogP contribution is -2.41. The van der Waals surface area contributed by atoms with Crippen molar-refractivity contribution in [1.29, 1.82) is 0 Å². The maximum atomic E-state index is 12.5. The quantitative estimate of drug-likeness (QED) is 0.864. The van der Waals surface area contributed by atoms with Gasteiger partial charge in [-0.25, -0.2) is 0 Å². The predicted octanol–water partition coefficient (Wildman–Crippen LogP) is 4.04. The van der Waals surface area contributed by atoms with Gasteiger partial charge in [-0.3, -0.25) is 9.59 Å². The summed E-state index contributed by atoms with van der Waals surface area (Å²) < 4.78 is 0. The van der Waals surface area contributed by atoms with E-state index in [1.807, 2.05) is 61.5 Å². The molecule has 0 radical (unpaired) electrons. The molecule has 0 aliphatic rings. The highest BCUT2D eigenvalue weighted by molar-refractivity contribution is 5.98. The molecule has 2 aromatic carbocycles. The Morgan fingerprint density at radius 2 is 1.56 bits per heavy atom. The zero-order valence-electron chi connectivity index (χ0n) is 15.3. The molecule has 2 amide bonds. The minimum atomic E-state index is -0.176. The fourth-order valence-corrected chi connectivity index (χ4v) is 2.84. The van der Waals surface area contributed by atoms with Gasteiger partial charge in [0.25, 0.3) is 0 Å². The number of anilines is 1. The normalized spacial score (nSPS) is 11.9. The number of para-hydroxylation sites is 1. The van der Waals surface area contributed by atoms with Crippen LogP contribution in [-0.4, -0.2) is 18.4 Å². The second-order valence-corrected chi connectivity index (χ2v) is 6.52.